The Morgan fingerprint density at radius 3 is 2.67 bits per heavy atom. The van der Waals surface area contributed by atoms with Crippen molar-refractivity contribution in [3.05, 3.63) is 35.6 Å². The molecule has 2 fully saturated rings. The van der Waals surface area contributed by atoms with Gasteiger partial charge in [-0.15, -0.1) is 0 Å². The molecule has 0 bridgehead atoms. The molecule has 3 heteroatoms. The lowest BCUT2D eigenvalue weighted by molar-refractivity contribution is -1.03. The molecule has 0 aromatic heterocycles. The molecular weight excluding hydrogens is 263 g/mol. The molecule has 0 radical (unpaired) electrons. The summed E-state index contributed by atoms with van der Waals surface area (Å²) in [5.74, 6) is 0.821. The van der Waals surface area contributed by atoms with Crippen LogP contribution in [0, 0.1) is 11.7 Å². The Labute approximate surface area is 127 Å². The van der Waals surface area contributed by atoms with Crippen LogP contribution in [-0.2, 0) is 6.54 Å². The molecule has 21 heavy (non-hydrogen) atoms. The van der Waals surface area contributed by atoms with E-state index in [0.29, 0.717) is 0 Å². The first-order chi connectivity index (χ1) is 10.2. The molecule has 1 aromatic rings. The summed E-state index contributed by atoms with van der Waals surface area (Å²) in [5.41, 5.74) is 1.14. The molecule has 2 N–H and O–H groups in total. The lowest BCUT2D eigenvalue weighted by atomic mass is 9.86. The summed E-state index contributed by atoms with van der Waals surface area (Å²) in [7, 11) is 0. The molecule has 1 aliphatic carbocycles. The predicted molar refractivity (Wildman–Crippen MR) is 82.9 cm³/mol. The molecule has 2 atom stereocenters. The van der Waals surface area contributed by atoms with Gasteiger partial charge in [0.25, 0.3) is 0 Å². The SMILES string of the molecule is C[C@@H]1CCC[C@H]([NH+]2CC[NH+](Cc3cccc(F)c3)CC2)C1. The molecule has 2 nitrogen and oxygen atoms in total. The lowest BCUT2D eigenvalue weighted by Gasteiger charge is -2.37. The van der Waals surface area contributed by atoms with Gasteiger partial charge in [-0.05, 0) is 30.9 Å². The Morgan fingerprint density at radius 1 is 1.14 bits per heavy atom. The van der Waals surface area contributed by atoms with Crippen LogP contribution in [0.15, 0.2) is 24.3 Å². The minimum absolute atomic E-state index is 0.104. The van der Waals surface area contributed by atoms with Gasteiger partial charge in [0.05, 0.1) is 6.04 Å². The summed E-state index contributed by atoms with van der Waals surface area (Å²) in [4.78, 5) is 3.46. The van der Waals surface area contributed by atoms with Crippen molar-refractivity contribution in [2.45, 2.75) is 45.2 Å². The molecule has 116 valence electrons. The summed E-state index contributed by atoms with van der Waals surface area (Å²) in [6.45, 7) is 8.45. The number of piperazine rings is 1. The van der Waals surface area contributed by atoms with Gasteiger partial charge in [0.2, 0.25) is 0 Å². The highest BCUT2D eigenvalue weighted by Gasteiger charge is 2.32. The smallest absolute Gasteiger partial charge is 0.127 e. The first-order valence-electron chi connectivity index (χ1n) is 8.63. The van der Waals surface area contributed by atoms with E-state index in [0.717, 1.165) is 24.1 Å². The zero-order chi connectivity index (χ0) is 14.7. The van der Waals surface area contributed by atoms with E-state index in [-0.39, 0.29) is 5.82 Å². The fourth-order valence-corrected chi connectivity index (χ4v) is 4.25. The summed E-state index contributed by atoms with van der Waals surface area (Å²) in [5, 5.41) is 0. The van der Waals surface area contributed by atoms with Crippen LogP contribution >= 0.6 is 0 Å². The van der Waals surface area contributed by atoms with Crippen molar-refractivity contribution in [3.8, 4) is 0 Å². The zero-order valence-corrected chi connectivity index (χ0v) is 13.2. The average molecular weight is 292 g/mol. The first-order valence-corrected chi connectivity index (χ1v) is 8.63. The number of benzene rings is 1. The van der Waals surface area contributed by atoms with Gasteiger partial charge in [0, 0.05) is 12.0 Å². The Balaban J connectivity index is 1.48. The second-order valence-electron chi connectivity index (χ2n) is 7.18. The standard InChI is InChI=1S/C18H27FN2/c1-15-4-2-7-18(12-15)21-10-8-20(9-11-21)14-16-5-3-6-17(19)13-16/h3,5-6,13,15,18H,2,4,7-12,14H2,1H3/p+2/t15-,18+/m1/s1. The van der Waals surface area contributed by atoms with Crippen LogP contribution in [0.3, 0.4) is 0 Å². The molecule has 1 aromatic carbocycles. The number of rotatable bonds is 3. The van der Waals surface area contributed by atoms with E-state index in [2.05, 4.69) is 13.0 Å². The van der Waals surface area contributed by atoms with Crippen LogP contribution in [0.25, 0.3) is 0 Å². The number of halogens is 1. The Morgan fingerprint density at radius 2 is 1.95 bits per heavy atom. The van der Waals surface area contributed by atoms with Gasteiger partial charge in [-0.3, -0.25) is 0 Å². The summed E-state index contributed by atoms with van der Waals surface area (Å²) < 4.78 is 13.2. The molecule has 1 heterocycles. The molecule has 0 amide bonds. The first kappa shape index (κ1) is 15.0. The van der Waals surface area contributed by atoms with Crippen LogP contribution < -0.4 is 9.80 Å². The molecule has 2 aliphatic rings. The van der Waals surface area contributed by atoms with E-state index < -0.39 is 0 Å². The van der Waals surface area contributed by atoms with Gasteiger partial charge < -0.3 is 9.80 Å². The van der Waals surface area contributed by atoms with Gasteiger partial charge in [-0.1, -0.05) is 25.5 Å². The van der Waals surface area contributed by atoms with Crippen LogP contribution in [-0.4, -0.2) is 32.2 Å². The third-order valence-electron chi connectivity index (χ3n) is 5.46. The fourth-order valence-electron chi connectivity index (χ4n) is 4.25. The molecule has 1 saturated carbocycles. The number of nitrogens with one attached hydrogen (secondary N) is 2. The van der Waals surface area contributed by atoms with E-state index in [1.54, 1.807) is 11.0 Å². The van der Waals surface area contributed by atoms with E-state index >= 15 is 0 Å². The van der Waals surface area contributed by atoms with Gasteiger partial charge in [0.15, 0.2) is 0 Å². The van der Waals surface area contributed by atoms with Gasteiger partial charge in [0.1, 0.15) is 38.5 Å². The highest BCUT2D eigenvalue weighted by atomic mass is 19.1. The van der Waals surface area contributed by atoms with Crippen molar-refractivity contribution in [2.24, 2.45) is 5.92 Å². The summed E-state index contributed by atoms with van der Waals surface area (Å²) >= 11 is 0. The molecule has 1 saturated heterocycles. The Bertz CT molecular complexity index is 454. The predicted octanol–water partition coefficient (Wildman–Crippen LogP) is 0.688. The zero-order valence-electron chi connectivity index (χ0n) is 13.2. The topological polar surface area (TPSA) is 8.88 Å². The molecule has 1 aliphatic heterocycles. The summed E-state index contributed by atoms with van der Waals surface area (Å²) in [6, 6.07) is 8.01. The second-order valence-corrected chi connectivity index (χ2v) is 7.18. The van der Waals surface area contributed by atoms with Crippen molar-refractivity contribution in [1.29, 1.82) is 0 Å². The summed E-state index contributed by atoms with van der Waals surface area (Å²) in [6.07, 6.45) is 5.71. The van der Waals surface area contributed by atoms with E-state index in [4.69, 9.17) is 0 Å². The Hall–Kier alpha value is -0.930. The highest BCUT2D eigenvalue weighted by molar-refractivity contribution is 5.14. The minimum atomic E-state index is -0.104. The average Bonchev–Trinajstić information content (AvgIpc) is 2.48. The maximum Gasteiger partial charge on any atom is 0.127 e. The lowest BCUT2D eigenvalue weighted by Crippen LogP contribution is -3.29. The monoisotopic (exact) mass is 292 g/mol. The van der Waals surface area contributed by atoms with Gasteiger partial charge in [-0.25, -0.2) is 4.39 Å². The molecule has 3 rings (SSSR count). The van der Waals surface area contributed by atoms with Crippen molar-refractivity contribution in [1.82, 2.24) is 0 Å². The van der Waals surface area contributed by atoms with Crippen molar-refractivity contribution >= 4 is 0 Å². The minimum Gasteiger partial charge on any atom is -0.323 e. The number of hydrogen-bond donors (Lipinski definition) is 2. The van der Waals surface area contributed by atoms with Crippen molar-refractivity contribution in [2.75, 3.05) is 26.2 Å². The molecular formula is C18H29FN2+2. The molecule has 0 spiro atoms. The van der Waals surface area contributed by atoms with Crippen molar-refractivity contribution < 1.29 is 14.2 Å². The highest BCUT2D eigenvalue weighted by Crippen LogP contribution is 2.21. The third-order valence-corrected chi connectivity index (χ3v) is 5.46. The van der Waals surface area contributed by atoms with E-state index in [9.17, 15) is 4.39 Å². The Kier molecular flexibility index (Phi) is 4.91. The third kappa shape index (κ3) is 4.04. The fraction of sp³-hybridized carbons (Fsp3) is 0.667. The van der Waals surface area contributed by atoms with Crippen LogP contribution in [0.4, 0.5) is 4.39 Å². The van der Waals surface area contributed by atoms with Gasteiger partial charge in [-0.2, -0.15) is 0 Å². The van der Waals surface area contributed by atoms with Crippen LogP contribution in [0.5, 0.6) is 0 Å². The van der Waals surface area contributed by atoms with Crippen LogP contribution in [0.2, 0.25) is 0 Å². The van der Waals surface area contributed by atoms with Crippen molar-refractivity contribution in [3.63, 3.8) is 0 Å². The quantitative estimate of drug-likeness (QED) is 0.811. The molecule has 0 unspecified atom stereocenters. The second kappa shape index (κ2) is 6.89. The maximum atomic E-state index is 13.2. The number of quaternary nitrogens is 2. The van der Waals surface area contributed by atoms with E-state index in [1.807, 2.05) is 11.0 Å². The maximum absolute atomic E-state index is 13.2. The van der Waals surface area contributed by atoms with Crippen LogP contribution in [0.1, 0.15) is 38.2 Å². The van der Waals surface area contributed by atoms with Gasteiger partial charge >= 0.3 is 0 Å². The normalized spacial score (nSPS) is 33.8. The van der Waals surface area contributed by atoms with E-state index in [1.165, 1.54) is 57.9 Å². The number of hydrogen-bond acceptors (Lipinski definition) is 0. The largest absolute Gasteiger partial charge is 0.323 e.